The van der Waals surface area contributed by atoms with Crippen LogP contribution >= 0.6 is 0 Å². The monoisotopic (exact) mass is 207 g/mol. The molecule has 0 unspecified atom stereocenters. The van der Waals surface area contributed by atoms with Crippen molar-refractivity contribution in [3.8, 4) is 0 Å². The van der Waals surface area contributed by atoms with E-state index in [4.69, 9.17) is 5.11 Å². The highest BCUT2D eigenvalue weighted by atomic mass is 27.1. The Morgan fingerprint density at radius 2 is 1.71 bits per heavy atom. The van der Waals surface area contributed by atoms with Gasteiger partial charge in [0, 0.05) is 0 Å². The fraction of sp³-hybridized carbons (Fsp3) is 0.364. The van der Waals surface area contributed by atoms with Crippen molar-refractivity contribution in [2.24, 2.45) is 0 Å². The summed E-state index contributed by atoms with van der Waals surface area (Å²) < 4.78 is 0. The first-order chi connectivity index (χ1) is 6.72. The van der Waals surface area contributed by atoms with Gasteiger partial charge in [0.25, 0.3) is 0 Å². The van der Waals surface area contributed by atoms with Crippen LogP contribution in [0.1, 0.15) is 24.2 Å². The first kappa shape index (κ1) is 13.2. The summed E-state index contributed by atoms with van der Waals surface area (Å²) >= 11 is 0.815. The van der Waals surface area contributed by atoms with Crippen molar-refractivity contribution < 1.29 is 9.90 Å². The lowest BCUT2D eigenvalue weighted by atomic mass is 10.2. The van der Waals surface area contributed by atoms with Crippen LogP contribution in [0.2, 0.25) is 10.6 Å². The molecule has 75 valence electrons. The summed E-state index contributed by atoms with van der Waals surface area (Å²) in [6.07, 6.45) is 0. The maximum Gasteiger partial charge on any atom is 0.335 e. The molecule has 0 heterocycles. The number of rotatable bonds is 3. The Bertz CT molecular complexity index is 245. The Morgan fingerprint density at radius 3 is 1.93 bits per heavy atom. The van der Waals surface area contributed by atoms with E-state index in [0.717, 1.165) is 15.2 Å². The van der Waals surface area contributed by atoms with Crippen LogP contribution in [0.15, 0.2) is 30.3 Å². The van der Waals surface area contributed by atoms with Crippen LogP contribution in [-0.2, 0) is 0 Å². The van der Waals surface area contributed by atoms with Crippen molar-refractivity contribution in [2.45, 2.75) is 24.4 Å². The molecule has 1 radical (unpaired) electrons. The van der Waals surface area contributed by atoms with Gasteiger partial charge in [-0.1, -0.05) is 32.0 Å². The van der Waals surface area contributed by atoms with Crippen LogP contribution in [-0.4, -0.2) is 26.3 Å². The number of carboxylic acids is 1. The molecule has 0 saturated carbocycles. The standard InChI is InChI=1S/C7H6O2.2C2H5.Al/c8-7(9)6-4-2-1-3-5-6;2*1-2;/h1-5H,(H,8,9);2*1H2,2H3;. The van der Waals surface area contributed by atoms with E-state index in [9.17, 15) is 4.79 Å². The topological polar surface area (TPSA) is 37.3 Å². The predicted octanol–water partition coefficient (Wildman–Crippen LogP) is 2.95. The highest BCUT2D eigenvalue weighted by Gasteiger charge is 1.96. The number of aromatic carboxylic acids is 1. The smallest absolute Gasteiger partial charge is 0.335 e. The Kier molecular flexibility index (Phi) is 8.32. The van der Waals surface area contributed by atoms with E-state index < -0.39 is 5.97 Å². The lowest BCUT2D eigenvalue weighted by molar-refractivity contribution is 0.0697. The zero-order valence-corrected chi connectivity index (χ0v) is 9.89. The molecule has 3 heteroatoms. The second-order valence-electron chi connectivity index (χ2n) is 2.78. The summed E-state index contributed by atoms with van der Waals surface area (Å²) in [5.74, 6) is -0.879. The van der Waals surface area contributed by atoms with Crippen LogP contribution < -0.4 is 0 Å². The van der Waals surface area contributed by atoms with Crippen molar-refractivity contribution in [1.29, 1.82) is 0 Å². The molecule has 0 spiro atoms. The molecule has 0 bridgehead atoms. The quantitative estimate of drug-likeness (QED) is 0.774. The Morgan fingerprint density at radius 1 is 1.21 bits per heavy atom. The number of benzene rings is 1. The molecule has 0 aliphatic carbocycles. The number of carboxylic acid groups (broad SMARTS) is 1. The van der Waals surface area contributed by atoms with E-state index in [0.29, 0.717) is 5.56 Å². The molecule has 0 fully saturated rings. The summed E-state index contributed by atoms with van der Waals surface area (Å²) in [5, 5.41) is 11.2. The summed E-state index contributed by atoms with van der Waals surface area (Å²) in [6.45, 7) is 4.50. The highest BCUT2D eigenvalue weighted by Crippen LogP contribution is 1.96. The number of hydrogen-bond acceptors (Lipinski definition) is 1. The highest BCUT2D eigenvalue weighted by molar-refractivity contribution is 6.34. The molecule has 1 aromatic rings. The fourth-order valence-electron chi connectivity index (χ4n) is 0.869. The molecule has 14 heavy (non-hydrogen) atoms. The second kappa shape index (κ2) is 8.80. The lowest BCUT2D eigenvalue weighted by Crippen LogP contribution is -1.93. The van der Waals surface area contributed by atoms with Gasteiger partial charge >= 0.3 is 5.97 Å². The Hall–Kier alpha value is -0.778. The number of hydrogen-bond donors (Lipinski definition) is 1. The van der Waals surface area contributed by atoms with Crippen molar-refractivity contribution in [3.05, 3.63) is 35.9 Å². The third kappa shape index (κ3) is 6.71. The SMILES string of the molecule is C[CH2][Al][CH2]C.O=C(O)c1ccccc1. The van der Waals surface area contributed by atoms with E-state index in [-0.39, 0.29) is 0 Å². The molecule has 0 saturated heterocycles. The van der Waals surface area contributed by atoms with Gasteiger partial charge in [-0.2, -0.15) is 0 Å². The van der Waals surface area contributed by atoms with Crippen molar-refractivity contribution in [1.82, 2.24) is 0 Å². The third-order valence-corrected chi connectivity index (χ3v) is 2.75. The van der Waals surface area contributed by atoms with Gasteiger partial charge in [0.1, 0.15) is 0 Å². The molecule has 0 amide bonds. The summed E-state index contributed by atoms with van der Waals surface area (Å²) in [6, 6.07) is 8.30. The van der Waals surface area contributed by atoms with E-state index in [2.05, 4.69) is 13.8 Å². The molecule has 0 atom stereocenters. The average Bonchev–Trinajstić information content (AvgIpc) is 2.21. The Labute approximate surface area is 91.7 Å². The summed E-state index contributed by atoms with van der Waals surface area (Å²) in [7, 11) is 0. The minimum Gasteiger partial charge on any atom is -0.478 e. The Balaban J connectivity index is 0.000000292. The van der Waals surface area contributed by atoms with Crippen molar-refractivity contribution in [3.63, 3.8) is 0 Å². The lowest BCUT2D eigenvalue weighted by Gasteiger charge is -1.88. The van der Waals surface area contributed by atoms with Gasteiger partial charge < -0.3 is 5.11 Å². The van der Waals surface area contributed by atoms with Crippen LogP contribution in [0.25, 0.3) is 0 Å². The van der Waals surface area contributed by atoms with Gasteiger partial charge in [-0.05, 0) is 12.1 Å². The maximum atomic E-state index is 10.2. The van der Waals surface area contributed by atoms with Crippen molar-refractivity contribution >= 4 is 21.2 Å². The first-order valence-electron chi connectivity index (χ1n) is 4.82. The molecule has 2 nitrogen and oxygen atoms in total. The molecule has 0 aromatic heterocycles. The minimum absolute atomic E-state index is 0.331. The average molecular weight is 207 g/mol. The molecular weight excluding hydrogens is 191 g/mol. The summed E-state index contributed by atoms with van der Waals surface area (Å²) in [5.41, 5.74) is 0.331. The van der Waals surface area contributed by atoms with Crippen LogP contribution in [0, 0.1) is 0 Å². The molecule has 1 N–H and O–H groups in total. The van der Waals surface area contributed by atoms with Gasteiger partial charge in [0.15, 0.2) is 15.2 Å². The van der Waals surface area contributed by atoms with Crippen LogP contribution in [0.3, 0.4) is 0 Å². The second-order valence-corrected chi connectivity index (χ2v) is 4.99. The molecular formula is C11H16AlO2. The van der Waals surface area contributed by atoms with E-state index >= 15 is 0 Å². The van der Waals surface area contributed by atoms with Gasteiger partial charge in [-0.25, -0.2) is 4.79 Å². The normalized spacial score (nSPS) is 8.43. The van der Waals surface area contributed by atoms with E-state index in [1.165, 1.54) is 10.6 Å². The number of carbonyl (C=O) groups is 1. The van der Waals surface area contributed by atoms with Crippen LogP contribution in [0.4, 0.5) is 0 Å². The molecule has 1 rings (SSSR count). The molecule has 1 aromatic carbocycles. The minimum atomic E-state index is -0.879. The predicted molar refractivity (Wildman–Crippen MR) is 60.1 cm³/mol. The zero-order chi connectivity index (χ0) is 10.8. The van der Waals surface area contributed by atoms with E-state index in [1.54, 1.807) is 30.3 Å². The van der Waals surface area contributed by atoms with Gasteiger partial charge in [-0.15, -0.1) is 10.6 Å². The van der Waals surface area contributed by atoms with Gasteiger partial charge in [0.2, 0.25) is 0 Å². The first-order valence-corrected chi connectivity index (χ1v) is 6.45. The summed E-state index contributed by atoms with van der Waals surface area (Å²) in [4.78, 5) is 10.2. The largest absolute Gasteiger partial charge is 0.478 e. The zero-order valence-electron chi connectivity index (χ0n) is 8.73. The van der Waals surface area contributed by atoms with Gasteiger partial charge in [0.05, 0.1) is 5.56 Å². The fourth-order valence-corrected chi connectivity index (χ4v) is 1.45. The maximum absolute atomic E-state index is 10.2. The molecule has 0 aliphatic rings. The van der Waals surface area contributed by atoms with Crippen molar-refractivity contribution in [2.75, 3.05) is 0 Å². The van der Waals surface area contributed by atoms with Crippen LogP contribution in [0.5, 0.6) is 0 Å². The van der Waals surface area contributed by atoms with Gasteiger partial charge in [-0.3, -0.25) is 0 Å². The third-order valence-electron chi connectivity index (χ3n) is 1.60. The molecule has 0 aliphatic heterocycles. The van der Waals surface area contributed by atoms with E-state index in [1.807, 2.05) is 0 Å².